The summed E-state index contributed by atoms with van der Waals surface area (Å²) in [5.74, 6) is 1.22. The van der Waals surface area contributed by atoms with Crippen molar-refractivity contribution >= 4 is 17.7 Å². The van der Waals surface area contributed by atoms with Crippen LogP contribution in [0.25, 0.3) is 0 Å². The van der Waals surface area contributed by atoms with E-state index in [1.54, 1.807) is 13.3 Å². The summed E-state index contributed by atoms with van der Waals surface area (Å²) in [6, 6.07) is 0.0886. The highest BCUT2D eigenvalue weighted by atomic mass is 35.5. The molecule has 4 nitrogen and oxygen atoms in total. The second-order valence-corrected chi connectivity index (χ2v) is 5.28. The van der Waals surface area contributed by atoms with Gasteiger partial charge < -0.3 is 9.47 Å². The lowest BCUT2D eigenvalue weighted by Crippen LogP contribution is -2.28. The summed E-state index contributed by atoms with van der Waals surface area (Å²) in [5.41, 5.74) is 0.801. The van der Waals surface area contributed by atoms with Crippen LogP contribution in [0.4, 0.5) is 4.79 Å². The molecule has 0 bridgehead atoms. The van der Waals surface area contributed by atoms with E-state index in [0.717, 1.165) is 12.0 Å². The zero-order chi connectivity index (χ0) is 13.3. The van der Waals surface area contributed by atoms with E-state index in [1.807, 2.05) is 26.0 Å². The lowest BCUT2D eigenvalue weighted by atomic mass is 9.90. The predicted octanol–water partition coefficient (Wildman–Crippen LogP) is 3.36. The Bertz CT molecular complexity index is 463. The van der Waals surface area contributed by atoms with Gasteiger partial charge in [-0.2, -0.15) is 0 Å². The Labute approximate surface area is 111 Å². The van der Waals surface area contributed by atoms with Crippen molar-refractivity contribution < 1.29 is 14.3 Å². The van der Waals surface area contributed by atoms with Gasteiger partial charge in [-0.25, -0.2) is 4.79 Å². The molecule has 0 saturated carbocycles. The van der Waals surface area contributed by atoms with Gasteiger partial charge in [0.25, 0.3) is 0 Å². The van der Waals surface area contributed by atoms with Crippen molar-refractivity contribution in [3.63, 3.8) is 0 Å². The number of nitrogens with zero attached hydrogens (tertiary/aromatic N) is 1. The van der Waals surface area contributed by atoms with Gasteiger partial charge in [0.1, 0.15) is 0 Å². The van der Waals surface area contributed by atoms with Crippen molar-refractivity contribution in [1.29, 1.82) is 0 Å². The topological polar surface area (TPSA) is 38.8 Å². The maximum Gasteiger partial charge on any atom is 0.415 e. The van der Waals surface area contributed by atoms with E-state index in [1.165, 1.54) is 4.90 Å². The largest absolute Gasteiger partial charge is 0.461 e. The van der Waals surface area contributed by atoms with Crippen LogP contribution in [0, 0.1) is 5.41 Å². The molecule has 0 aromatic rings. The van der Waals surface area contributed by atoms with E-state index in [0.29, 0.717) is 11.5 Å². The number of rotatable bonds is 2. The summed E-state index contributed by atoms with van der Waals surface area (Å²) in [5, 5.41) is 0. The first-order valence-corrected chi connectivity index (χ1v) is 6.25. The highest BCUT2D eigenvalue weighted by Gasteiger charge is 2.41. The van der Waals surface area contributed by atoms with Crippen LogP contribution >= 0.6 is 11.6 Å². The maximum absolute atomic E-state index is 11.8. The quantitative estimate of drug-likeness (QED) is 0.570. The number of ether oxygens (including phenoxy) is 2. The highest BCUT2D eigenvalue weighted by Crippen LogP contribution is 2.47. The van der Waals surface area contributed by atoms with Crippen LogP contribution in [0.5, 0.6) is 0 Å². The van der Waals surface area contributed by atoms with Crippen LogP contribution in [-0.2, 0) is 9.47 Å². The molecule has 0 atom stereocenters. The lowest BCUT2D eigenvalue weighted by Gasteiger charge is -2.22. The number of halogens is 1. The third kappa shape index (κ3) is 2.25. The molecule has 0 fully saturated rings. The van der Waals surface area contributed by atoms with Crippen LogP contribution < -0.4 is 0 Å². The van der Waals surface area contributed by atoms with Crippen LogP contribution in [-0.4, -0.2) is 24.0 Å². The maximum atomic E-state index is 11.8. The molecule has 5 heteroatoms. The minimum atomic E-state index is -0.472. The Morgan fingerprint density at radius 2 is 2.33 bits per heavy atom. The van der Waals surface area contributed by atoms with E-state index in [4.69, 9.17) is 21.1 Å². The van der Waals surface area contributed by atoms with Crippen molar-refractivity contribution in [2.45, 2.75) is 20.3 Å². The van der Waals surface area contributed by atoms with Crippen LogP contribution in [0.3, 0.4) is 0 Å². The SMILES string of the molecule is CN(CCl)C(=O)OC1=C2OC=CC=C2CC1(C)C. The molecule has 18 heavy (non-hydrogen) atoms. The first-order valence-electron chi connectivity index (χ1n) is 5.72. The molecule has 0 radical (unpaired) electrons. The third-order valence-electron chi connectivity index (χ3n) is 2.99. The third-order valence-corrected chi connectivity index (χ3v) is 3.35. The summed E-state index contributed by atoms with van der Waals surface area (Å²) < 4.78 is 10.9. The molecule has 1 aliphatic heterocycles. The van der Waals surface area contributed by atoms with Crippen molar-refractivity contribution in [3.8, 4) is 0 Å². The molecular weight excluding hydrogens is 254 g/mol. The first kappa shape index (κ1) is 13.0. The summed E-state index contributed by atoms with van der Waals surface area (Å²) >= 11 is 5.60. The number of alkyl halides is 1. The number of amides is 1. The normalized spacial score (nSPS) is 20.1. The van der Waals surface area contributed by atoms with Gasteiger partial charge in [-0.15, -0.1) is 11.6 Å². The van der Waals surface area contributed by atoms with Gasteiger partial charge in [-0.1, -0.05) is 19.9 Å². The van der Waals surface area contributed by atoms with Gasteiger partial charge in [-0.3, -0.25) is 4.90 Å². The monoisotopic (exact) mass is 269 g/mol. The average molecular weight is 270 g/mol. The Balaban J connectivity index is 2.27. The number of carbonyl (C=O) groups is 1. The van der Waals surface area contributed by atoms with Crippen LogP contribution in [0.2, 0.25) is 0 Å². The number of hydrogen-bond donors (Lipinski definition) is 0. The van der Waals surface area contributed by atoms with E-state index >= 15 is 0 Å². The number of hydrogen-bond acceptors (Lipinski definition) is 3. The second kappa shape index (κ2) is 4.69. The molecule has 1 heterocycles. The van der Waals surface area contributed by atoms with E-state index < -0.39 is 6.09 Å². The summed E-state index contributed by atoms with van der Waals surface area (Å²) in [6.07, 6.45) is 5.72. The van der Waals surface area contributed by atoms with Gasteiger partial charge >= 0.3 is 6.09 Å². The number of allylic oxidation sites excluding steroid dienone is 4. The molecule has 0 aromatic carbocycles. The fraction of sp³-hybridized carbons (Fsp3) is 0.462. The smallest absolute Gasteiger partial charge is 0.415 e. The van der Waals surface area contributed by atoms with Crippen LogP contribution in [0.15, 0.2) is 35.5 Å². The molecule has 0 spiro atoms. The van der Waals surface area contributed by atoms with Crippen molar-refractivity contribution in [1.82, 2.24) is 4.90 Å². The highest BCUT2D eigenvalue weighted by molar-refractivity contribution is 6.18. The second-order valence-electron chi connectivity index (χ2n) is 5.04. The van der Waals surface area contributed by atoms with Gasteiger partial charge in [0.15, 0.2) is 11.5 Å². The number of carbonyl (C=O) groups excluding carboxylic acids is 1. The van der Waals surface area contributed by atoms with Crippen molar-refractivity contribution in [2.75, 3.05) is 13.1 Å². The fourth-order valence-electron chi connectivity index (χ4n) is 2.01. The van der Waals surface area contributed by atoms with Crippen molar-refractivity contribution in [3.05, 3.63) is 35.5 Å². The molecule has 0 unspecified atom stereocenters. The van der Waals surface area contributed by atoms with Gasteiger partial charge in [0.05, 0.1) is 12.3 Å². The van der Waals surface area contributed by atoms with E-state index in [9.17, 15) is 4.79 Å². The Kier molecular flexibility index (Phi) is 3.39. The Morgan fingerprint density at radius 1 is 1.61 bits per heavy atom. The molecule has 1 amide bonds. The standard InChI is InChI=1S/C13H16ClNO3/c1-13(2)7-9-5-4-6-17-10(9)11(13)18-12(16)15(3)8-14/h4-6H,7-8H2,1-3H3. The average Bonchev–Trinajstić information content (AvgIpc) is 2.59. The zero-order valence-electron chi connectivity index (χ0n) is 10.7. The van der Waals surface area contributed by atoms with Gasteiger partial charge in [0, 0.05) is 12.5 Å². The summed E-state index contributed by atoms with van der Waals surface area (Å²) in [4.78, 5) is 13.1. The predicted molar refractivity (Wildman–Crippen MR) is 68.7 cm³/mol. The minimum absolute atomic E-state index is 0.0886. The molecule has 2 rings (SSSR count). The summed E-state index contributed by atoms with van der Waals surface area (Å²) in [6.45, 7) is 4.04. The number of fused-ring (bicyclic) bond motifs is 1. The molecule has 98 valence electrons. The molecule has 0 saturated heterocycles. The summed E-state index contributed by atoms with van der Waals surface area (Å²) in [7, 11) is 1.58. The van der Waals surface area contributed by atoms with E-state index in [2.05, 4.69) is 0 Å². The molecule has 0 N–H and O–H groups in total. The Hall–Kier alpha value is -1.42. The lowest BCUT2D eigenvalue weighted by molar-refractivity contribution is 0.119. The molecule has 1 aliphatic carbocycles. The molecule has 0 aromatic heterocycles. The minimum Gasteiger partial charge on any atom is -0.461 e. The molecule has 2 aliphatic rings. The van der Waals surface area contributed by atoms with Gasteiger partial charge in [-0.05, 0) is 18.1 Å². The van der Waals surface area contributed by atoms with Crippen LogP contribution in [0.1, 0.15) is 20.3 Å². The van der Waals surface area contributed by atoms with Gasteiger partial charge in [0.2, 0.25) is 0 Å². The Morgan fingerprint density at radius 3 is 3.00 bits per heavy atom. The zero-order valence-corrected chi connectivity index (χ0v) is 11.5. The molecular formula is C13H16ClNO3. The van der Waals surface area contributed by atoms with Crippen molar-refractivity contribution in [2.24, 2.45) is 5.41 Å². The first-order chi connectivity index (χ1) is 8.45. The van der Waals surface area contributed by atoms with E-state index in [-0.39, 0.29) is 11.4 Å². The fourth-order valence-corrected chi connectivity index (χ4v) is 2.11.